The van der Waals surface area contributed by atoms with Gasteiger partial charge in [0, 0.05) is 18.6 Å². The van der Waals surface area contributed by atoms with Crippen LogP contribution in [-0.2, 0) is 4.74 Å². The van der Waals surface area contributed by atoms with Crippen LogP contribution in [0.25, 0.3) is 0 Å². The quantitative estimate of drug-likeness (QED) is 0.798. The second kappa shape index (κ2) is 4.94. The predicted molar refractivity (Wildman–Crippen MR) is 73.0 cm³/mol. The van der Waals surface area contributed by atoms with Crippen molar-refractivity contribution in [1.82, 2.24) is 10.2 Å². The van der Waals surface area contributed by atoms with E-state index in [1.165, 1.54) is 0 Å². The number of hydrogen-bond donors (Lipinski definition) is 2. The van der Waals surface area contributed by atoms with Crippen molar-refractivity contribution < 1.29 is 14.6 Å². The van der Waals surface area contributed by atoms with Crippen LogP contribution in [0.4, 0.5) is 4.79 Å². The van der Waals surface area contributed by atoms with Gasteiger partial charge in [-0.1, -0.05) is 0 Å². The molecule has 1 amide bonds. The fraction of sp³-hybridized carbons (Fsp3) is 0.929. The van der Waals surface area contributed by atoms with Gasteiger partial charge in [-0.2, -0.15) is 0 Å². The van der Waals surface area contributed by atoms with Crippen molar-refractivity contribution in [3.63, 3.8) is 0 Å². The minimum atomic E-state index is -0.681. The number of rotatable bonds is 2. The molecule has 2 aliphatic rings. The van der Waals surface area contributed by atoms with Crippen molar-refractivity contribution in [1.29, 1.82) is 0 Å². The van der Waals surface area contributed by atoms with Gasteiger partial charge < -0.3 is 20.1 Å². The monoisotopic (exact) mass is 270 g/mol. The fourth-order valence-corrected chi connectivity index (χ4v) is 3.41. The highest BCUT2D eigenvalue weighted by Crippen LogP contribution is 2.41. The normalized spacial score (nSPS) is 34.5. The molecule has 5 heteroatoms. The Morgan fingerprint density at radius 1 is 1.37 bits per heavy atom. The zero-order valence-electron chi connectivity index (χ0n) is 12.4. The number of carbonyl (C=O) groups is 1. The molecule has 0 radical (unpaired) electrons. The molecule has 2 fully saturated rings. The summed E-state index contributed by atoms with van der Waals surface area (Å²) in [7, 11) is 1.85. The third-order valence-corrected chi connectivity index (χ3v) is 3.96. The molecular formula is C14H26N2O3. The van der Waals surface area contributed by atoms with Gasteiger partial charge in [0.15, 0.2) is 0 Å². The first kappa shape index (κ1) is 14.6. The first-order chi connectivity index (χ1) is 8.74. The SMILES string of the molecule is CNCC1(O)CC2CCC(C1)N2C(=O)OC(C)(C)C. The highest BCUT2D eigenvalue weighted by Gasteiger charge is 2.50. The number of piperidine rings is 1. The van der Waals surface area contributed by atoms with Gasteiger partial charge in [-0.25, -0.2) is 4.79 Å². The third kappa shape index (κ3) is 3.20. The standard InChI is InChI=1S/C14H26N2O3/c1-13(2,3)19-12(17)16-10-5-6-11(16)8-14(18,7-10)9-15-4/h10-11,15,18H,5-9H2,1-4H3. The summed E-state index contributed by atoms with van der Waals surface area (Å²) < 4.78 is 5.48. The Hall–Kier alpha value is -0.810. The van der Waals surface area contributed by atoms with Gasteiger partial charge in [0.2, 0.25) is 0 Å². The number of nitrogens with one attached hydrogen (secondary N) is 1. The Morgan fingerprint density at radius 3 is 2.32 bits per heavy atom. The highest BCUT2D eigenvalue weighted by atomic mass is 16.6. The molecule has 2 saturated heterocycles. The van der Waals surface area contributed by atoms with Crippen LogP contribution in [0.3, 0.4) is 0 Å². The summed E-state index contributed by atoms with van der Waals surface area (Å²) in [6.07, 6.45) is 2.99. The van der Waals surface area contributed by atoms with E-state index in [9.17, 15) is 9.90 Å². The summed E-state index contributed by atoms with van der Waals surface area (Å²) in [4.78, 5) is 14.1. The molecule has 0 aliphatic carbocycles. The zero-order chi connectivity index (χ0) is 14.3. The van der Waals surface area contributed by atoms with Gasteiger partial charge in [0.1, 0.15) is 5.60 Å². The van der Waals surface area contributed by atoms with E-state index in [0.717, 1.165) is 12.8 Å². The fourth-order valence-electron chi connectivity index (χ4n) is 3.41. The van der Waals surface area contributed by atoms with Crippen molar-refractivity contribution in [2.75, 3.05) is 13.6 Å². The second-order valence-electron chi connectivity index (χ2n) is 6.94. The van der Waals surface area contributed by atoms with E-state index < -0.39 is 11.2 Å². The Morgan fingerprint density at radius 2 is 1.89 bits per heavy atom. The average Bonchev–Trinajstić information content (AvgIpc) is 2.50. The van der Waals surface area contributed by atoms with E-state index in [1.807, 2.05) is 32.7 Å². The van der Waals surface area contributed by atoms with E-state index in [-0.39, 0.29) is 18.2 Å². The number of ether oxygens (including phenoxy) is 1. The predicted octanol–water partition coefficient (Wildman–Crippen LogP) is 1.50. The second-order valence-corrected chi connectivity index (χ2v) is 6.94. The number of fused-ring (bicyclic) bond motifs is 2. The zero-order valence-corrected chi connectivity index (χ0v) is 12.4. The van der Waals surface area contributed by atoms with Gasteiger partial charge in [-0.15, -0.1) is 0 Å². The first-order valence-corrected chi connectivity index (χ1v) is 7.12. The molecule has 2 N–H and O–H groups in total. The van der Waals surface area contributed by atoms with Gasteiger partial charge in [-0.3, -0.25) is 0 Å². The van der Waals surface area contributed by atoms with Crippen LogP contribution in [0.5, 0.6) is 0 Å². The van der Waals surface area contributed by atoms with Crippen LogP contribution in [0, 0.1) is 0 Å². The minimum Gasteiger partial charge on any atom is -0.444 e. The Bertz CT molecular complexity index is 337. The lowest BCUT2D eigenvalue weighted by Gasteiger charge is -2.43. The molecule has 0 saturated carbocycles. The van der Waals surface area contributed by atoms with Crippen LogP contribution >= 0.6 is 0 Å². The number of amides is 1. The summed E-state index contributed by atoms with van der Waals surface area (Å²) in [6.45, 7) is 6.23. The molecule has 0 aromatic rings. The molecule has 0 aromatic carbocycles. The van der Waals surface area contributed by atoms with Crippen molar-refractivity contribution >= 4 is 6.09 Å². The maximum absolute atomic E-state index is 12.2. The van der Waals surface area contributed by atoms with E-state index in [1.54, 1.807) is 0 Å². The van der Waals surface area contributed by atoms with Crippen molar-refractivity contribution in [2.24, 2.45) is 0 Å². The van der Waals surface area contributed by atoms with Crippen LogP contribution in [0.1, 0.15) is 46.5 Å². The summed E-state index contributed by atoms with van der Waals surface area (Å²) in [5, 5.41) is 13.6. The lowest BCUT2D eigenvalue weighted by atomic mass is 9.86. The van der Waals surface area contributed by atoms with Gasteiger partial charge in [0.05, 0.1) is 5.60 Å². The molecule has 2 heterocycles. The molecule has 2 rings (SSSR count). The summed E-state index contributed by atoms with van der Waals surface area (Å²) >= 11 is 0. The van der Waals surface area contributed by atoms with E-state index in [4.69, 9.17) is 4.74 Å². The van der Waals surface area contributed by atoms with Crippen molar-refractivity contribution in [3.8, 4) is 0 Å². The lowest BCUT2D eigenvalue weighted by molar-refractivity contribution is -0.0563. The molecule has 2 atom stereocenters. The van der Waals surface area contributed by atoms with Crippen molar-refractivity contribution in [3.05, 3.63) is 0 Å². The van der Waals surface area contributed by atoms with E-state index in [2.05, 4.69) is 5.32 Å². The van der Waals surface area contributed by atoms with Crippen LogP contribution < -0.4 is 5.32 Å². The van der Waals surface area contributed by atoms with Crippen LogP contribution in [-0.4, -0.2) is 53.0 Å². The van der Waals surface area contributed by atoms with Gasteiger partial charge in [-0.05, 0) is 53.5 Å². The Kier molecular flexibility index (Phi) is 3.80. The lowest BCUT2D eigenvalue weighted by Crippen LogP contribution is -2.56. The molecule has 0 aromatic heterocycles. The number of aliphatic hydroxyl groups is 1. The molecule has 5 nitrogen and oxygen atoms in total. The Labute approximate surface area is 115 Å². The number of nitrogens with zero attached hydrogens (tertiary/aromatic N) is 1. The molecule has 2 unspecified atom stereocenters. The number of carbonyl (C=O) groups excluding carboxylic acids is 1. The van der Waals surface area contributed by atoms with Gasteiger partial charge >= 0.3 is 6.09 Å². The Balaban J connectivity index is 2.05. The summed E-state index contributed by atoms with van der Waals surface area (Å²) in [5.41, 5.74) is -1.14. The maximum atomic E-state index is 12.2. The van der Waals surface area contributed by atoms with E-state index in [0.29, 0.717) is 19.4 Å². The average molecular weight is 270 g/mol. The van der Waals surface area contributed by atoms with E-state index >= 15 is 0 Å². The highest BCUT2D eigenvalue weighted by molar-refractivity contribution is 5.69. The minimum absolute atomic E-state index is 0.118. The van der Waals surface area contributed by atoms with Crippen LogP contribution in [0.15, 0.2) is 0 Å². The molecule has 19 heavy (non-hydrogen) atoms. The third-order valence-electron chi connectivity index (χ3n) is 3.96. The number of likely N-dealkylation sites (N-methyl/N-ethyl adjacent to an activating group) is 1. The van der Waals surface area contributed by atoms with Crippen LogP contribution in [0.2, 0.25) is 0 Å². The first-order valence-electron chi connectivity index (χ1n) is 7.12. The summed E-state index contributed by atoms with van der Waals surface area (Å²) in [6, 6.07) is 0.235. The summed E-state index contributed by atoms with van der Waals surface area (Å²) in [5.74, 6) is 0. The maximum Gasteiger partial charge on any atom is 0.410 e. The van der Waals surface area contributed by atoms with Gasteiger partial charge in [0.25, 0.3) is 0 Å². The molecule has 2 aliphatic heterocycles. The smallest absolute Gasteiger partial charge is 0.410 e. The largest absolute Gasteiger partial charge is 0.444 e. The molecular weight excluding hydrogens is 244 g/mol. The topological polar surface area (TPSA) is 61.8 Å². The van der Waals surface area contributed by atoms with Crippen molar-refractivity contribution in [2.45, 2.75) is 69.7 Å². The molecule has 110 valence electrons. The molecule has 2 bridgehead atoms. The molecule has 0 spiro atoms. The number of hydrogen-bond acceptors (Lipinski definition) is 4.